The van der Waals surface area contributed by atoms with Crippen LogP contribution < -0.4 is 15.5 Å². The van der Waals surface area contributed by atoms with Crippen molar-refractivity contribution in [1.82, 2.24) is 20.5 Å². The molecule has 3 rings (SSSR count). The first-order chi connectivity index (χ1) is 14.2. The number of anilines is 1. The number of likely N-dealkylation sites (N-methyl/N-ethyl adjacent to an activating group) is 1. The molecule has 0 radical (unpaired) electrons. The highest BCUT2D eigenvalue weighted by Gasteiger charge is 2.16. The highest BCUT2D eigenvalue weighted by molar-refractivity contribution is 14.0. The van der Waals surface area contributed by atoms with E-state index in [2.05, 4.69) is 82.6 Å². The maximum Gasteiger partial charge on any atom is 0.191 e. The van der Waals surface area contributed by atoms with Gasteiger partial charge in [0.2, 0.25) is 0 Å². The lowest BCUT2D eigenvalue weighted by molar-refractivity contribution is 0.270. The largest absolute Gasteiger partial charge is 0.357 e. The highest BCUT2D eigenvalue weighted by Crippen LogP contribution is 2.15. The average molecular weight is 522 g/mol. The zero-order valence-corrected chi connectivity index (χ0v) is 20.7. The number of rotatable bonds is 7. The quantitative estimate of drug-likeness (QED) is 0.332. The molecule has 0 aliphatic carbocycles. The molecule has 0 unspecified atom stereocenters. The normalized spacial score (nSPS) is 14.9. The zero-order chi connectivity index (χ0) is 20.5. The van der Waals surface area contributed by atoms with Crippen LogP contribution in [-0.4, -0.2) is 55.1 Å². The van der Waals surface area contributed by atoms with E-state index >= 15 is 0 Å². The summed E-state index contributed by atoms with van der Waals surface area (Å²) >= 11 is 0. The predicted molar refractivity (Wildman–Crippen MR) is 137 cm³/mol. The molecule has 1 aliphatic rings. The van der Waals surface area contributed by atoms with Gasteiger partial charge in [-0.25, -0.2) is 9.98 Å². The number of halogens is 1. The zero-order valence-electron chi connectivity index (χ0n) is 18.4. The van der Waals surface area contributed by atoms with Crippen LogP contribution in [0.3, 0.4) is 0 Å². The van der Waals surface area contributed by atoms with Crippen LogP contribution in [0.15, 0.2) is 47.6 Å². The standard InChI is InChI=1S/C23H34N6.HI/c1-4-24-23(26-17-20-8-6-7-19(3)15-20)27-18-21-9-10-25-22(16-21)29-13-11-28(5-2)12-14-29;/h6-10,15-16H,4-5,11-14,17-18H2,1-3H3,(H2,24,26,27);1H. The van der Waals surface area contributed by atoms with Crippen molar-refractivity contribution < 1.29 is 0 Å². The molecule has 2 aromatic rings. The van der Waals surface area contributed by atoms with Crippen LogP contribution in [0.1, 0.15) is 30.5 Å². The van der Waals surface area contributed by atoms with E-state index in [-0.39, 0.29) is 24.0 Å². The molecule has 2 heterocycles. The number of aryl methyl sites for hydroxylation is 1. The third kappa shape index (κ3) is 7.43. The molecule has 0 amide bonds. The number of pyridine rings is 1. The highest BCUT2D eigenvalue weighted by atomic mass is 127. The number of hydrogen-bond acceptors (Lipinski definition) is 4. The van der Waals surface area contributed by atoms with Gasteiger partial charge in [0.15, 0.2) is 5.96 Å². The van der Waals surface area contributed by atoms with Gasteiger partial charge in [-0.2, -0.15) is 0 Å². The first-order valence-electron chi connectivity index (χ1n) is 10.7. The Morgan fingerprint density at radius 3 is 2.53 bits per heavy atom. The van der Waals surface area contributed by atoms with Gasteiger partial charge in [-0.1, -0.05) is 36.8 Å². The number of benzene rings is 1. The fourth-order valence-electron chi connectivity index (χ4n) is 3.55. The number of nitrogens with one attached hydrogen (secondary N) is 2. The molecule has 1 saturated heterocycles. The Bertz CT molecular complexity index is 802. The number of aromatic nitrogens is 1. The summed E-state index contributed by atoms with van der Waals surface area (Å²) in [6.45, 7) is 14.1. The van der Waals surface area contributed by atoms with Crippen molar-refractivity contribution in [3.63, 3.8) is 0 Å². The van der Waals surface area contributed by atoms with E-state index in [0.717, 1.165) is 57.6 Å². The van der Waals surface area contributed by atoms with E-state index in [0.29, 0.717) is 6.54 Å². The fourth-order valence-corrected chi connectivity index (χ4v) is 3.55. The molecule has 7 heteroatoms. The molecule has 0 atom stereocenters. The van der Waals surface area contributed by atoms with E-state index in [1.54, 1.807) is 0 Å². The van der Waals surface area contributed by atoms with Gasteiger partial charge in [-0.05, 0) is 43.7 Å². The van der Waals surface area contributed by atoms with Crippen molar-refractivity contribution in [1.29, 1.82) is 0 Å². The molecule has 0 spiro atoms. The van der Waals surface area contributed by atoms with Crippen molar-refractivity contribution in [2.24, 2.45) is 4.99 Å². The smallest absolute Gasteiger partial charge is 0.191 e. The summed E-state index contributed by atoms with van der Waals surface area (Å²) in [5.41, 5.74) is 3.70. The van der Waals surface area contributed by atoms with Gasteiger partial charge in [-0.3, -0.25) is 0 Å². The van der Waals surface area contributed by atoms with Crippen molar-refractivity contribution >= 4 is 35.8 Å². The van der Waals surface area contributed by atoms with Crippen LogP contribution >= 0.6 is 24.0 Å². The lowest BCUT2D eigenvalue weighted by Gasteiger charge is -2.34. The van der Waals surface area contributed by atoms with E-state index in [9.17, 15) is 0 Å². The van der Waals surface area contributed by atoms with Crippen molar-refractivity contribution in [3.8, 4) is 0 Å². The van der Waals surface area contributed by atoms with Gasteiger partial charge in [0.1, 0.15) is 5.82 Å². The molecule has 0 bridgehead atoms. The molecule has 1 aromatic carbocycles. The maximum absolute atomic E-state index is 4.73. The van der Waals surface area contributed by atoms with Crippen LogP contribution in [0, 0.1) is 6.92 Å². The summed E-state index contributed by atoms with van der Waals surface area (Å²) < 4.78 is 0. The third-order valence-electron chi connectivity index (χ3n) is 5.26. The molecular weight excluding hydrogens is 487 g/mol. The minimum Gasteiger partial charge on any atom is -0.357 e. The first kappa shape index (κ1) is 24.4. The number of aliphatic imine (C=N–C) groups is 1. The summed E-state index contributed by atoms with van der Waals surface area (Å²) in [6, 6.07) is 12.8. The molecule has 0 saturated carbocycles. The molecule has 164 valence electrons. The van der Waals surface area contributed by atoms with Gasteiger partial charge in [-0.15, -0.1) is 24.0 Å². The average Bonchev–Trinajstić information content (AvgIpc) is 2.76. The monoisotopic (exact) mass is 522 g/mol. The summed E-state index contributed by atoms with van der Waals surface area (Å²) in [5.74, 6) is 1.91. The van der Waals surface area contributed by atoms with Crippen LogP contribution in [0.25, 0.3) is 0 Å². The van der Waals surface area contributed by atoms with Crippen LogP contribution in [0.2, 0.25) is 0 Å². The van der Waals surface area contributed by atoms with Crippen molar-refractivity contribution in [2.75, 3.05) is 44.2 Å². The summed E-state index contributed by atoms with van der Waals surface area (Å²) in [5, 5.41) is 6.79. The Kier molecular flexibility index (Phi) is 10.4. The molecule has 6 nitrogen and oxygen atoms in total. The molecule has 1 aliphatic heterocycles. The van der Waals surface area contributed by atoms with Crippen molar-refractivity contribution in [3.05, 3.63) is 59.3 Å². The molecule has 30 heavy (non-hydrogen) atoms. The van der Waals surface area contributed by atoms with E-state index in [1.807, 2.05) is 6.20 Å². The number of nitrogens with zero attached hydrogens (tertiary/aromatic N) is 4. The van der Waals surface area contributed by atoms with Gasteiger partial charge >= 0.3 is 0 Å². The lowest BCUT2D eigenvalue weighted by Crippen LogP contribution is -2.46. The Morgan fingerprint density at radius 2 is 1.83 bits per heavy atom. The first-order valence-corrected chi connectivity index (χ1v) is 10.7. The minimum absolute atomic E-state index is 0. The topological polar surface area (TPSA) is 55.8 Å². The van der Waals surface area contributed by atoms with Gasteiger partial charge in [0, 0.05) is 45.5 Å². The maximum atomic E-state index is 4.73. The Morgan fingerprint density at radius 1 is 1.03 bits per heavy atom. The molecule has 1 fully saturated rings. The second-order valence-corrected chi connectivity index (χ2v) is 7.48. The number of piperazine rings is 1. The SMILES string of the molecule is CCNC(=NCc1cccc(C)c1)NCc1ccnc(N2CCN(CC)CC2)c1.I. The summed E-state index contributed by atoms with van der Waals surface area (Å²) in [4.78, 5) is 14.2. The molecule has 2 N–H and O–H groups in total. The molecule has 1 aromatic heterocycles. The van der Waals surface area contributed by atoms with Crippen molar-refractivity contribution in [2.45, 2.75) is 33.9 Å². The van der Waals surface area contributed by atoms with Crippen LogP contribution in [0.5, 0.6) is 0 Å². The van der Waals surface area contributed by atoms with Crippen LogP contribution in [-0.2, 0) is 13.1 Å². The third-order valence-corrected chi connectivity index (χ3v) is 5.26. The number of hydrogen-bond donors (Lipinski definition) is 2. The Hall–Kier alpha value is -1.87. The second kappa shape index (κ2) is 12.7. The van der Waals surface area contributed by atoms with E-state index in [4.69, 9.17) is 4.99 Å². The number of guanidine groups is 1. The van der Waals surface area contributed by atoms with E-state index in [1.165, 1.54) is 16.7 Å². The van der Waals surface area contributed by atoms with Gasteiger partial charge < -0.3 is 20.4 Å². The fraction of sp³-hybridized carbons (Fsp3) is 0.478. The van der Waals surface area contributed by atoms with Crippen LogP contribution in [0.4, 0.5) is 5.82 Å². The lowest BCUT2D eigenvalue weighted by atomic mass is 10.1. The Labute approximate surface area is 198 Å². The minimum atomic E-state index is 0. The molecular formula is C23H35IN6. The van der Waals surface area contributed by atoms with E-state index < -0.39 is 0 Å². The predicted octanol–water partition coefficient (Wildman–Crippen LogP) is 3.41. The second-order valence-electron chi connectivity index (χ2n) is 7.48. The summed E-state index contributed by atoms with van der Waals surface area (Å²) in [6.07, 6.45) is 1.91. The summed E-state index contributed by atoms with van der Waals surface area (Å²) in [7, 11) is 0. The Balaban J connectivity index is 0.00000320. The van der Waals surface area contributed by atoms with Gasteiger partial charge in [0.25, 0.3) is 0 Å². The van der Waals surface area contributed by atoms with Gasteiger partial charge in [0.05, 0.1) is 6.54 Å².